The van der Waals surface area contributed by atoms with E-state index in [4.69, 9.17) is 9.26 Å². The largest absolute Gasteiger partial charge is 0.383 e. The maximum Gasteiger partial charge on any atom is 0.273 e. The second-order valence-corrected chi connectivity index (χ2v) is 5.22. The van der Waals surface area contributed by atoms with Crippen molar-refractivity contribution < 1.29 is 18.8 Å². The van der Waals surface area contributed by atoms with Crippen LogP contribution in [0.2, 0.25) is 0 Å². The van der Waals surface area contributed by atoms with E-state index in [-0.39, 0.29) is 30.6 Å². The number of halogens is 1. The molecule has 0 radical (unpaired) electrons. The molecule has 1 aromatic carbocycles. The number of carbonyl (C=O) groups is 2. The average molecular weight is 383 g/mol. The Morgan fingerprint density at radius 2 is 1.88 bits per heavy atom. The van der Waals surface area contributed by atoms with Gasteiger partial charge in [-0.25, -0.2) is 0 Å². The number of aromatic nitrogens is 1. The lowest BCUT2D eigenvalue weighted by Gasteiger charge is -2.07. The van der Waals surface area contributed by atoms with Crippen molar-refractivity contribution in [1.82, 2.24) is 21.1 Å². The predicted octanol–water partition coefficient (Wildman–Crippen LogP) is 0.845. The first-order valence-corrected chi connectivity index (χ1v) is 7.97. The molecule has 0 unspecified atom stereocenters. The van der Waals surface area contributed by atoms with Crippen molar-refractivity contribution in [2.45, 2.75) is 0 Å². The SMILES string of the molecule is COCCNCCNC(=O)CNC(=O)c1cc(-c2ccccc2)on1.Cl. The third-order valence-corrected chi connectivity index (χ3v) is 3.32. The van der Waals surface area contributed by atoms with Crippen molar-refractivity contribution in [1.29, 1.82) is 0 Å². The summed E-state index contributed by atoms with van der Waals surface area (Å²) in [6.45, 7) is 2.32. The van der Waals surface area contributed by atoms with E-state index in [9.17, 15) is 9.59 Å². The van der Waals surface area contributed by atoms with Crippen LogP contribution in [0.5, 0.6) is 0 Å². The van der Waals surface area contributed by atoms with E-state index in [2.05, 4.69) is 21.1 Å². The summed E-state index contributed by atoms with van der Waals surface area (Å²) >= 11 is 0. The minimum absolute atomic E-state index is 0. The summed E-state index contributed by atoms with van der Waals surface area (Å²) in [6, 6.07) is 10.9. The molecule has 2 aromatic rings. The molecule has 8 nitrogen and oxygen atoms in total. The number of methoxy groups -OCH3 is 1. The first kappa shape index (κ1) is 21.6. The Labute approximate surface area is 158 Å². The van der Waals surface area contributed by atoms with E-state index in [0.717, 1.165) is 12.1 Å². The Hall–Kier alpha value is -2.42. The van der Waals surface area contributed by atoms with E-state index in [1.165, 1.54) is 0 Å². The number of hydrogen-bond donors (Lipinski definition) is 3. The van der Waals surface area contributed by atoms with Crippen LogP contribution in [0, 0.1) is 0 Å². The molecule has 142 valence electrons. The second-order valence-electron chi connectivity index (χ2n) is 5.22. The van der Waals surface area contributed by atoms with Crippen molar-refractivity contribution in [3.8, 4) is 11.3 Å². The first-order valence-electron chi connectivity index (χ1n) is 7.97. The number of rotatable bonds is 10. The van der Waals surface area contributed by atoms with E-state index in [0.29, 0.717) is 25.5 Å². The molecule has 0 fully saturated rings. The Bertz CT molecular complexity index is 678. The van der Waals surface area contributed by atoms with Crippen LogP contribution in [0.1, 0.15) is 10.5 Å². The first-order chi connectivity index (χ1) is 12.2. The van der Waals surface area contributed by atoms with Crippen LogP contribution in [0.25, 0.3) is 11.3 Å². The molecular weight excluding hydrogens is 360 g/mol. The molecule has 1 heterocycles. The van der Waals surface area contributed by atoms with Gasteiger partial charge < -0.3 is 25.2 Å². The number of nitrogens with zero attached hydrogens (tertiary/aromatic N) is 1. The normalized spacial score (nSPS) is 10.0. The van der Waals surface area contributed by atoms with E-state index < -0.39 is 5.91 Å². The van der Waals surface area contributed by atoms with Gasteiger partial charge in [0.1, 0.15) is 0 Å². The van der Waals surface area contributed by atoms with Gasteiger partial charge in [0.25, 0.3) is 5.91 Å². The van der Waals surface area contributed by atoms with Crippen LogP contribution in [-0.4, -0.2) is 56.9 Å². The molecule has 1 aromatic heterocycles. The van der Waals surface area contributed by atoms with Gasteiger partial charge in [-0.2, -0.15) is 0 Å². The molecule has 0 spiro atoms. The van der Waals surface area contributed by atoms with Crippen LogP contribution in [-0.2, 0) is 9.53 Å². The Morgan fingerprint density at radius 1 is 1.12 bits per heavy atom. The van der Waals surface area contributed by atoms with E-state index >= 15 is 0 Å². The van der Waals surface area contributed by atoms with E-state index in [1.54, 1.807) is 13.2 Å². The Balaban J connectivity index is 0.00000338. The lowest BCUT2D eigenvalue weighted by molar-refractivity contribution is -0.120. The van der Waals surface area contributed by atoms with Gasteiger partial charge in [-0.3, -0.25) is 9.59 Å². The number of nitrogens with one attached hydrogen (secondary N) is 3. The molecule has 3 N–H and O–H groups in total. The van der Waals surface area contributed by atoms with Gasteiger partial charge >= 0.3 is 0 Å². The zero-order valence-electron chi connectivity index (χ0n) is 14.5. The van der Waals surface area contributed by atoms with Crippen molar-refractivity contribution in [3.05, 3.63) is 42.1 Å². The topological polar surface area (TPSA) is 105 Å². The minimum Gasteiger partial charge on any atom is -0.383 e. The number of amides is 2. The minimum atomic E-state index is -0.459. The highest BCUT2D eigenvalue weighted by Crippen LogP contribution is 2.19. The summed E-state index contributed by atoms with van der Waals surface area (Å²) < 4.78 is 10.1. The van der Waals surface area contributed by atoms with Crippen molar-refractivity contribution in [2.24, 2.45) is 0 Å². The molecule has 0 aliphatic heterocycles. The fourth-order valence-corrected chi connectivity index (χ4v) is 2.02. The third kappa shape index (κ3) is 7.22. The highest BCUT2D eigenvalue weighted by atomic mass is 35.5. The average Bonchev–Trinajstić information content (AvgIpc) is 3.13. The Morgan fingerprint density at radius 3 is 2.62 bits per heavy atom. The van der Waals surface area contributed by atoms with Gasteiger partial charge in [-0.05, 0) is 0 Å². The highest BCUT2D eigenvalue weighted by Gasteiger charge is 2.14. The van der Waals surface area contributed by atoms with Crippen molar-refractivity contribution in [3.63, 3.8) is 0 Å². The number of hydrogen-bond acceptors (Lipinski definition) is 6. The lowest BCUT2D eigenvalue weighted by atomic mass is 10.1. The highest BCUT2D eigenvalue weighted by molar-refractivity contribution is 5.95. The molecule has 0 bridgehead atoms. The van der Waals surface area contributed by atoms with Crippen LogP contribution in [0.3, 0.4) is 0 Å². The quantitative estimate of drug-likeness (QED) is 0.526. The van der Waals surface area contributed by atoms with Gasteiger partial charge in [0.2, 0.25) is 5.91 Å². The van der Waals surface area contributed by atoms with Gasteiger partial charge in [0.05, 0.1) is 13.2 Å². The number of carbonyl (C=O) groups excluding carboxylic acids is 2. The molecule has 0 saturated heterocycles. The summed E-state index contributed by atoms with van der Waals surface area (Å²) in [7, 11) is 1.63. The maximum absolute atomic E-state index is 12.0. The summed E-state index contributed by atoms with van der Waals surface area (Å²) in [6.07, 6.45) is 0. The molecular formula is C17H23ClN4O4. The maximum atomic E-state index is 12.0. The van der Waals surface area contributed by atoms with Crippen LogP contribution in [0.15, 0.2) is 40.9 Å². The summed E-state index contributed by atoms with van der Waals surface area (Å²) in [5, 5.41) is 12.0. The van der Waals surface area contributed by atoms with Crippen LogP contribution < -0.4 is 16.0 Å². The number of benzene rings is 1. The van der Waals surface area contributed by atoms with Gasteiger partial charge in [-0.1, -0.05) is 35.5 Å². The smallest absolute Gasteiger partial charge is 0.273 e. The van der Waals surface area contributed by atoms with E-state index in [1.807, 2.05) is 30.3 Å². The predicted molar refractivity (Wildman–Crippen MR) is 99.3 cm³/mol. The standard InChI is InChI=1S/C17H22N4O4.ClH/c1-24-10-9-18-7-8-19-16(22)12-20-17(23)14-11-15(25-21-14)13-5-3-2-4-6-13;/h2-6,11,18H,7-10,12H2,1H3,(H,19,22)(H,20,23);1H. The lowest BCUT2D eigenvalue weighted by Crippen LogP contribution is -2.40. The van der Waals surface area contributed by atoms with Gasteiger partial charge in [0, 0.05) is 38.4 Å². The Kier molecular flexibility index (Phi) is 9.99. The van der Waals surface area contributed by atoms with Gasteiger partial charge in [-0.15, -0.1) is 12.4 Å². The molecule has 2 rings (SSSR count). The fraction of sp³-hybridized carbons (Fsp3) is 0.353. The molecule has 0 aliphatic carbocycles. The molecule has 0 atom stereocenters. The molecule has 0 saturated carbocycles. The van der Waals surface area contributed by atoms with Crippen molar-refractivity contribution >= 4 is 24.2 Å². The van der Waals surface area contributed by atoms with Gasteiger partial charge in [0.15, 0.2) is 11.5 Å². The summed E-state index contributed by atoms with van der Waals surface area (Å²) in [5.74, 6) is -0.231. The molecule has 9 heteroatoms. The monoisotopic (exact) mass is 382 g/mol. The second kappa shape index (κ2) is 12.0. The van der Waals surface area contributed by atoms with Crippen LogP contribution in [0.4, 0.5) is 0 Å². The van der Waals surface area contributed by atoms with Crippen molar-refractivity contribution in [2.75, 3.05) is 39.9 Å². The summed E-state index contributed by atoms with van der Waals surface area (Å²) in [5.41, 5.74) is 0.959. The summed E-state index contributed by atoms with van der Waals surface area (Å²) in [4.78, 5) is 23.7. The fourth-order valence-electron chi connectivity index (χ4n) is 2.02. The zero-order valence-corrected chi connectivity index (χ0v) is 15.3. The molecule has 26 heavy (non-hydrogen) atoms. The third-order valence-electron chi connectivity index (χ3n) is 3.32. The molecule has 2 amide bonds. The molecule has 0 aliphatic rings. The zero-order chi connectivity index (χ0) is 17.9. The number of ether oxygens (including phenoxy) is 1. The van der Waals surface area contributed by atoms with Crippen LogP contribution >= 0.6 is 12.4 Å².